The molecule has 1 aliphatic heterocycles. The Labute approximate surface area is 140 Å². The van der Waals surface area contributed by atoms with Crippen molar-refractivity contribution in [2.75, 3.05) is 25.4 Å². The Balaban J connectivity index is 1.84. The second-order valence-corrected chi connectivity index (χ2v) is 8.60. The van der Waals surface area contributed by atoms with Gasteiger partial charge in [-0.25, -0.2) is 8.42 Å². The van der Waals surface area contributed by atoms with Crippen LogP contribution in [0, 0.1) is 0 Å². The summed E-state index contributed by atoms with van der Waals surface area (Å²) in [5.74, 6) is 0.0431. The summed E-state index contributed by atoms with van der Waals surface area (Å²) >= 11 is 3.28. The quantitative estimate of drug-likeness (QED) is 0.835. The van der Waals surface area contributed by atoms with Gasteiger partial charge < -0.3 is 10.2 Å². The molecule has 1 heterocycles. The summed E-state index contributed by atoms with van der Waals surface area (Å²) in [6.07, 6.45) is 0.637. The number of carbonyl (C=O) groups excluding carboxylic acids is 1. The van der Waals surface area contributed by atoms with Gasteiger partial charge in [-0.2, -0.15) is 0 Å². The minimum atomic E-state index is -3.32. The average molecular weight is 389 g/mol. The van der Waals surface area contributed by atoms with Crippen LogP contribution in [-0.2, 0) is 14.6 Å². The first-order valence-corrected chi connectivity index (χ1v) is 9.82. The first kappa shape index (κ1) is 17.4. The number of piperazine rings is 1. The van der Waals surface area contributed by atoms with Crippen LogP contribution in [-0.4, -0.2) is 50.7 Å². The summed E-state index contributed by atoms with van der Waals surface area (Å²) in [6, 6.07) is 6.88. The van der Waals surface area contributed by atoms with Crippen LogP contribution in [0.5, 0.6) is 0 Å². The maximum atomic E-state index is 12.2. The van der Waals surface area contributed by atoms with Gasteiger partial charge in [-0.15, -0.1) is 0 Å². The molecule has 22 heavy (non-hydrogen) atoms. The van der Waals surface area contributed by atoms with Gasteiger partial charge in [0.05, 0.1) is 10.6 Å². The van der Waals surface area contributed by atoms with E-state index >= 15 is 0 Å². The van der Waals surface area contributed by atoms with Crippen molar-refractivity contribution >= 4 is 31.7 Å². The van der Waals surface area contributed by atoms with Crippen molar-refractivity contribution in [2.45, 2.75) is 30.7 Å². The second-order valence-electron chi connectivity index (χ2n) is 5.57. The number of nitrogens with zero attached hydrogens (tertiary/aromatic N) is 1. The van der Waals surface area contributed by atoms with E-state index in [9.17, 15) is 13.2 Å². The van der Waals surface area contributed by atoms with Crippen LogP contribution in [0.2, 0.25) is 0 Å². The van der Waals surface area contributed by atoms with Crippen molar-refractivity contribution in [1.82, 2.24) is 10.2 Å². The number of sulfone groups is 1. The number of nitrogens with one attached hydrogen (secondary N) is 1. The van der Waals surface area contributed by atoms with E-state index in [1.165, 1.54) is 0 Å². The van der Waals surface area contributed by atoms with Gasteiger partial charge in [0.25, 0.3) is 0 Å². The van der Waals surface area contributed by atoms with E-state index in [-0.39, 0.29) is 18.1 Å². The number of hydrogen-bond acceptors (Lipinski definition) is 4. The van der Waals surface area contributed by atoms with Gasteiger partial charge in [-0.3, -0.25) is 4.79 Å². The smallest absolute Gasteiger partial charge is 0.222 e. The SMILES string of the molecule is CC1CN(C(=O)CCCS(=O)(=O)c2ccc(Br)cc2)CCN1. The number of amides is 1. The fourth-order valence-electron chi connectivity index (χ4n) is 2.49. The van der Waals surface area contributed by atoms with E-state index in [2.05, 4.69) is 21.2 Å². The Morgan fingerprint density at radius 3 is 2.68 bits per heavy atom. The molecule has 1 fully saturated rings. The van der Waals surface area contributed by atoms with Crippen LogP contribution >= 0.6 is 15.9 Å². The molecule has 2 rings (SSSR count). The Kier molecular flexibility index (Phi) is 6.00. The highest BCUT2D eigenvalue weighted by molar-refractivity contribution is 9.10. The molecule has 1 aliphatic rings. The van der Waals surface area contributed by atoms with Gasteiger partial charge in [0.2, 0.25) is 5.91 Å². The van der Waals surface area contributed by atoms with Crippen molar-refractivity contribution in [1.29, 1.82) is 0 Å². The maximum absolute atomic E-state index is 12.2. The molecule has 0 spiro atoms. The topological polar surface area (TPSA) is 66.5 Å². The minimum Gasteiger partial charge on any atom is -0.340 e. The van der Waals surface area contributed by atoms with E-state index in [0.717, 1.165) is 11.0 Å². The Morgan fingerprint density at radius 1 is 1.36 bits per heavy atom. The van der Waals surface area contributed by atoms with Gasteiger partial charge in [0.1, 0.15) is 0 Å². The zero-order valence-corrected chi connectivity index (χ0v) is 15.0. The van der Waals surface area contributed by atoms with E-state index in [1.54, 1.807) is 24.3 Å². The van der Waals surface area contributed by atoms with Crippen LogP contribution in [0.15, 0.2) is 33.6 Å². The average Bonchev–Trinajstić information content (AvgIpc) is 2.47. The molecular formula is C15H21BrN2O3S. The second kappa shape index (κ2) is 7.57. The van der Waals surface area contributed by atoms with Crippen molar-refractivity contribution in [3.63, 3.8) is 0 Å². The fraction of sp³-hybridized carbons (Fsp3) is 0.533. The van der Waals surface area contributed by atoms with Gasteiger partial charge in [0.15, 0.2) is 9.84 Å². The normalized spacial score (nSPS) is 19.2. The van der Waals surface area contributed by atoms with Crippen LogP contribution in [0.1, 0.15) is 19.8 Å². The third-order valence-electron chi connectivity index (χ3n) is 3.70. The molecule has 1 amide bonds. The summed E-state index contributed by atoms with van der Waals surface area (Å²) < 4.78 is 25.2. The molecular weight excluding hydrogens is 368 g/mol. The molecule has 0 radical (unpaired) electrons. The summed E-state index contributed by atoms with van der Waals surface area (Å²) in [7, 11) is -3.32. The van der Waals surface area contributed by atoms with E-state index < -0.39 is 9.84 Å². The van der Waals surface area contributed by atoms with Gasteiger partial charge in [-0.05, 0) is 37.6 Å². The molecule has 1 N–H and O–H groups in total. The summed E-state index contributed by atoms with van der Waals surface area (Å²) in [6.45, 7) is 4.22. The fourth-order valence-corrected chi connectivity index (χ4v) is 4.07. The molecule has 1 saturated heterocycles. The Bertz CT molecular complexity index is 616. The van der Waals surface area contributed by atoms with E-state index in [1.807, 2.05) is 11.8 Å². The molecule has 1 atom stereocenters. The molecule has 0 bridgehead atoms. The third kappa shape index (κ3) is 4.79. The molecule has 0 saturated carbocycles. The van der Waals surface area contributed by atoms with Crippen molar-refractivity contribution in [3.8, 4) is 0 Å². The van der Waals surface area contributed by atoms with Gasteiger partial charge >= 0.3 is 0 Å². The van der Waals surface area contributed by atoms with Gasteiger partial charge in [-0.1, -0.05) is 15.9 Å². The lowest BCUT2D eigenvalue weighted by atomic mass is 10.2. The molecule has 1 unspecified atom stereocenters. The molecule has 1 aromatic carbocycles. The van der Waals surface area contributed by atoms with Gasteiger partial charge in [0, 0.05) is 36.6 Å². The number of benzene rings is 1. The standard InChI is InChI=1S/C15H21BrN2O3S/c1-12-11-18(9-8-17-12)15(19)3-2-10-22(20,21)14-6-4-13(16)5-7-14/h4-7,12,17H,2-3,8-11H2,1H3. The highest BCUT2D eigenvalue weighted by Crippen LogP contribution is 2.17. The van der Waals surface area contributed by atoms with E-state index in [0.29, 0.717) is 30.4 Å². The lowest BCUT2D eigenvalue weighted by molar-refractivity contribution is -0.132. The monoisotopic (exact) mass is 388 g/mol. The molecule has 7 heteroatoms. The van der Waals surface area contributed by atoms with Crippen LogP contribution in [0.3, 0.4) is 0 Å². The maximum Gasteiger partial charge on any atom is 0.222 e. The number of hydrogen-bond donors (Lipinski definition) is 1. The van der Waals surface area contributed by atoms with Crippen LogP contribution in [0.25, 0.3) is 0 Å². The van der Waals surface area contributed by atoms with Crippen LogP contribution in [0.4, 0.5) is 0 Å². The van der Waals surface area contributed by atoms with E-state index in [4.69, 9.17) is 0 Å². The number of carbonyl (C=O) groups is 1. The predicted molar refractivity (Wildman–Crippen MR) is 89.5 cm³/mol. The summed E-state index contributed by atoms with van der Waals surface area (Å²) in [4.78, 5) is 14.2. The minimum absolute atomic E-state index is 0.00200. The summed E-state index contributed by atoms with van der Waals surface area (Å²) in [5.41, 5.74) is 0. The first-order valence-electron chi connectivity index (χ1n) is 7.38. The Hall–Kier alpha value is -0.920. The van der Waals surface area contributed by atoms with Crippen molar-refractivity contribution in [3.05, 3.63) is 28.7 Å². The summed E-state index contributed by atoms with van der Waals surface area (Å²) in [5, 5.41) is 3.28. The molecule has 5 nitrogen and oxygen atoms in total. The van der Waals surface area contributed by atoms with Crippen LogP contribution < -0.4 is 5.32 Å². The molecule has 0 aliphatic carbocycles. The molecule has 0 aromatic heterocycles. The lowest BCUT2D eigenvalue weighted by Crippen LogP contribution is -2.51. The zero-order valence-electron chi connectivity index (χ0n) is 12.6. The molecule has 1 aromatic rings. The van der Waals surface area contributed by atoms with Crippen molar-refractivity contribution < 1.29 is 13.2 Å². The Morgan fingerprint density at radius 2 is 2.05 bits per heavy atom. The third-order valence-corrected chi connectivity index (χ3v) is 6.04. The largest absolute Gasteiger partial charge is 0.340 e. The predicted octanol–water partition coefficient (Wildman–Crippen LogP) is 1.82. The van der Waals surface area contributed by atoms with Crippen molar-refractivity contribution in [2.24, 2.45) is 0 Å². The first-order chi connectivity index (χ1) is 10.4. The zero-order chi connectivity index (χ0) is 16.2. The molecule has 122 valence electrons. The lowest BCUT2D eigenvalue weighted by Gasteiger charge is -2.32. The number of halogens is 1. The number of rotatable bonds is 5. The highest BCUT2D eigenvalue weighted by atomic mass is 79.9. The highest BCUT2D eigenvalue weighted by Gasteiger charge is 2.21.